The first-order chi connectivity index (χ1) is 15.2. The fourth-order valence-electron chi connectivity index (χ4n) is 3.64. The molecule has 0 radical (unpaired) electrons. The molecule has 0 fully saturated rings. The minimum Gasteiger partial charge on any atom is -0.494 e. The number of rotatable bonds is 10. The number of anilines is 1. The Bertz CT molecular complexity index is 1020. The number of nitrogen functional groups attached to an aromatic ring is 1. The first-order valence-electron chi connectivity index (χ1n) is 11.2. The highest BCUT2D eigenvalue weighted by Crippen LogP contribution is 2.32. The third-order valence-electron chi connectivity index (χ3n) is 5.38. The second kappa shape index (κ2) is 11.2. The highest BCUT2D eigenvalue weighted by atomic mass is 16.5. The minimum atomic E-state index is 0.254. The molecule has 2 aromatic carbocycles. The van der Waals surface area contributed by atoms with Crippen LogP contribution in [0.25, 0.3) is 22.4 Å². The normalized spacial score (nSPS) is 10.6. The lowest BCUT2D eigenvalue weighted by Crippen LogP contribution is -2.00. The van der Waals surface area contributed by atoms with Gasteiger partial charge >= 0.3 is 0 Å². The molecule has 1 heterocycles. The van der Waals surface area contributed by atoms with Crippen LogP contribution in [0.1, 0.15) is 57.1 Å². The molecule has 4 heteroatoms. The zero-order chi connectivity index (χ0) is 22.1. The van der Waals surface area contributed by atoms with Gasteiger partial charge in [0.2, 0.25) is 0 Å². The molecule has 0 aliphatic rings. The quantitative estimate of drug-likeness (QED) is 0.372. The molecule has 0 saturated heterocycles. The van der Waals surface area contributed by atoms with E-state index in [9.17, 15) is 5.26 Å². The van der Waals surface area contributed by atoms with Crippen molar-refractivity contribution in [2.45, 2.75) is 52.4 Å². The third-order valence-corrected chi connectivity index (χ3v) is 5.38. The van der Waals surface area contributed by atoms with Gasteiger partial charge in [0.25, 0.3) is 0 Å². The van der Waals surface area contributed by atoms with Crippen LogP contribution in [0.5, 0.6) is 5.75 Å². The highest BCUT2D eigenvalue weighted by molar-refractivity contribution is 5.80. The highest BCUT2D eigenvalue weighted by Gasteiger charge is 2.13. The number of ether oxygens (including phenoxy) is 1. The van der Waals surface area contributed by atoms with Crippen molar-refractivity contribution in [2.24, 2.45) is 0 Å². The Hall–Kier alpha value is -3.32. The van der Waals surface area contributed by atoms with Crippen LogP contribution in [0.3, 0.4) is 0 Å². The standard InChI is InChI=1S/C27H31N3O/c1-3-5-6-7-17-31-23-15-13-21(14-16-23)24-18-26(30-27(29)25(24)19-28)22-11-9-20(8-4-2)10-12-22/h9-16,18H,3-8,17H2,1-2H3,(H2,29,30). The number of benzene rings is 2. The van der Waals surface area contributed by atoms with Crippen LogP contribution >= 0.6 is 0 Å². The van der Waals surface area contributed by atoms with Gasteiger partial charge < -0.3 is 10.5 Å². The molecule has 1 aromatic heterocycles. The minimum absolute atomic E-state index is 0.254. The van der Waals surface area contributed by atoms with Crippen molar-refractivity contribution in [1.29, 1.82) is 5.26 Å². The Morgan fingerprint density at radius 2 is 1.61 bits per heavy atom. The van der Waals surface area contributed by atoms with E-state index in [-0.39, 0.29) is 5.82 Å². The summed E-state index contributed by atoms with van der Waals surface area (Å²) in [6.45, 7) is 5.10. The number of nitriles is 1. The van der Waals surface area contributed by atoms with Crippen molar-refractivity contribution >= 4 is 5.82 Å². The lowest BCUT2D eigenvalue weighted by atomic mass is 9.98. The van der Waals surface area contributed by atoms with E-state index < -0.39 is 0 Å². The molecule has 0 amide bonds. The molecular formula is C27H31N3O. The van der Waals surface area contributed by atoms with Crippen LogP contribution in [-0.2, 0) is 6.42 Å². The van der Waals surface area contributed by atoms with Gasteiger partial charge in [-0.15, -0.1) is 0 Å². The van der Waals surface area contributed by atoms with E-state index in [0.717, 1.165) is 54.0 Å². The summed E-state index contributed by atoms with van der Waals surface area (Å²) < 4.78 is 5.85. The van der Waals surface area contributed by atoms with Crippen LogP contribution in [0.2, 0.25) is 0 Å². The Balaban J connectivity index is 1.84. The number of nitrogens with zero attached hydrogens (tertiary/aromatic N) is 2. The molecular weight excluding hydrogens is 382 g/mol. The van der Waals surface area contributed by atoms with Crippen molar-refractivity contribution < 1.29 is 4.74 Å². The third kappa shape index (κ3) is 5.86. The van der Waals surface area contributed by atoms with E-state index in [2.05, 4.69) is 49.2 Å². The summed E-state index contributed by atoms with van der Waals surface area (Å²) in [5.41, 5.74) is 11.3. The monoisotopic (exact) mass is 413 g/mol. The van der Waals surface area contributed by atoms with Gasteiger partial charge in [-0.3, -0.25) is 0 Å². The SMILES string of the molecule is CCCCCCOc1ccc(-c2cc(-c3ccc(CCC)cc3)nc(N)c2C#N)cc1. The molecule has 3 aromatic rings. The molecule has 0 atom stereocenters. The Labute approximate surface area is 185 Å². The van der Waals surface area contributed by atoms with Gasteiger partial charge in [0.1, 0.15) is 23.2 Å². The van der Waals surface area contributed by atoms with Crippen LogP contribution in [0.4, 0.5) is 5.82 Å². The van der Waals surface area contributed by atoms with Gasteiger partial charge in [-0.2, -0.15) is 5.26 Å². The molecule has 0 spiro atoms. The van der Waals surface area contributed by atoms with E-state index in [1.54, 1.807) is 0 Å². The second-order valence-electron chi connectivity index (χ2n) is 7.81. The van der Waals surface area contributed by atoms with Crippen LogP contribution in [0, 0.1) is 11.3 Å². The van der Waals surface area contributed by atoms with Crippen molar-refractivity contribution in [3.8, 4) is 34.2 Å². The Kier molecular flexibility index (Phi) is 8.06. The summed E-state index contributed by atoms with van der Waals surface area (Å²) in [5, 5.41) is 9.66. The predicted molar refractivity (Wildman–Crippen MR) is 128 cm³/mol. The molecule has 0 saturated carbocycles. The van der Waals surface area contributed by atoms with Gasteiger partial charge in [0.15, 0.2) is 0 Å². The molecule has 4 nitrogen and oxygen atoms in total. The van der Waals surface area contributed by atoms with Gasteiger partial charge in [-0.25, -0.2) is 4.98 Å². The van der Waals surface area contributed by atoms with Gasteiger partial charge in [-0.1, -0.05) is 75.9 Å². The maximum atomic E-state index is 9.66. The van der Waals surface area contributed by atoms with Crippen molar-refractivity contribution in [3.05, 3.63) is 65.7 Å². The van der Waals surface area contributed by atoms with Crippen molar-refractivity contribution in [3.63, 3.8) is 0 Å². The molecule has 0 aliphatic carbocycles. The summed E-state index contributed by atoms with van der Waals surface area (Å²) in [6, 6.07) is 20.4. The zero-order valence-electron chi connectivity index (χ0n) is 18.5. The first-order valence-corrected chi connectivity index (χ1v) is 11.2. The van der Waals surface area contributed by atoms with E-state index in [1.807, 2.05) is 30.3 Å². The number of nitrogens with two attached hydrogens (primary N) is 1. The van der Waals surface area contributed by atoms with E-state index >= 15 is 0 Å². The lowest BCUT2D eigenvalue weighted by Gasteiger charge is -2.12. The number of pyridine rings is 1. The smallest absolute Gasteiger partial charge is 0.142 e. The molecule has 3 rings (SSSR count). The molecule has 0 unspecified atom stereocenters. The number of hydrogen-bond donors (Lipinski definition) is 1. The summed E-state index contributed by atoms with van der Waals surface area (Å²) >= 11 is 0. The van der Waals surface area contributed by atoms with E-state index in [0.29, 0.717) is 5.56 Å². The fraction of sp³-hybridized carbons (Fsp3) is 0.333. The van der Waals surface area contributed by atoms with Crippen molar-refractivity contribution in [1.82, 2.24) is 4.98 Å². The number of unbranched alkanes of at least 4 members (excludes halogenated alkanes) is 3. The number of hydrogen-bond acceptors (Lipinski definition) is 4. The average Bonchev–Trinajstić information content (AvgIpc) is 2.79. The van der Waals surface area contributed by atoms with E-state index in [4.69, 9.17) is 10.5 Å². The number of aryl methyl sites for hydroxylation is 1. The fourth-order valence-corrected chi connectivity index (χ4v) is 3.64. The Morgan fingerprint density at radius 1 is 0.903 bits per heavy atom. The molecule has 2 N–H and O–H groups in total. The lowest BCUT2D eigenvalue weighted by molar-refractivity contribution is 0.305. The predicted octanol–water partition coefficient (Wildman–Crippen LogP) is 6.78. The molecule has 0 bridgehead atoms. The average molecular weight is 414 g/mol. The van der Waals surface area contributed by atoms with Crippen LogP contribution < -0.4 is 10.5 Å². The number of aromatic nitrogens is 1. The van der Waals surface area contributed by atoms with Crippen LogP contribution in [0.15, 0.2) is 54.6 Å². The van der Waals surface area contributed by atoms with Gasteiger partial charge in [-0.05, 0) is 42.2 Å². The summed E-state index contributed by atoms with van der Waals surface area (Å²) in [5.74, 6) is 1.09. The largest absolute Gasteiger partial charge is 0.494 e. The van der Waals surface area contributed by atoms with E-state index in [1.165, 1.54) is 24.8 Å². The van der Waals surface area contributed by atoms with Crippen molar-refractivity contribution in [2.75, 3.05) is 12.3 Å². The summed E-state index contributed by atoms with van der Waals surface area (Å²) in [4.78, 5) is 4.49. The topological polar surface area (TPSA) is 71.9 Å². The van der Waals surface area contributed by atoms with Gasteiger partial charge in [0.05, 0.1) is 12.3 Å². The molecule has 160 valence electrons. The first kappa shape index (κ1) is 22.4. The molecule has 0 aliphatic heterocycles. The molecule has 31 heavy (non-hydrogen) atoms. The zero-order valence-corrected chi connectivity index (χ0v) is 18.5. The maximum Gasteiger partial charge on any atom is 0.142 e. The Morgan fingerprint density at radius 3 is 2.26 bits per heavy atom. The van der Waals surface area contributed by atoms with Gasteiger partial charge in [0, 0.05) is 11.1 Å². The van der Waals surface area contributed by atoms with Crippen LogP contribution in [-0.4, -0.2) is 11.6 Å². The summed E-state index contributed by atoms with van der Waals surface area (Å²) in [7, 11) is 0. The maximum absolute atomic E-state index is 9.66. The summed E-state index contributed by atoms with van der Waals surface area (Å²) in [6.07, 6.45) is 6.89. The second-order valence-corrected chi connectivity index (χ2v) is 7.81.